The Morgan fingerprint density at radius 2 is 1.08 bits per heavy atom. The number of halogens is 2. The molecule has 0 N–H and O–H groups in total. The molecule has 0 radical (unpaired) electrons. The van der Waals surface area contributed by atoms with Crippen molar-refractivity contribution in [3.63, 3.8) is 0 Å². The van der Waals surface area contributed by atoms with Crippen molar-refractivity contribution in [3.8, 4) is 0 Å². The van der Waals surface area contributed by atoms with E-state index in [9.17, 15) is 8.78 Å². The Balaban J connectivity index is 3.03. The highest BCUT2D eigenvalue weighted by atomic mass is 19.2. The summed E-state index contributed by atoms with van der Waals surface area (Å²) in [5.74, 6) is -1.67. The van der Waals surface area contributed by atoms with Crippen molar-refractivity contribution in [3.05, 3.63) is 95.7 Å². The van der Waals surface area contributed by atoms with Crippen molar-refractivity contribution in [1.82, 2.24) is 0 Å². The van der Waals surface area contributed by atoms with Gasteiger partial charge in [0.05, 0.1) is 0 Å². The molecule has 0 heterocycles. The minimum atomic E-state index is -0.836. The molecule has 0 spiro atoms. The van der Waals surface area contributed by atoms with Gasteiger partial charge in [-0.25, -0.2) is 8.78 Å². The van der Waals surface area contributed by atoms with Crippen LogP contribution in [0.3, 0.4) is 0 Å². The Bertz CT molecular complexity index is 619. The summed E-state index contributed by atoms with van der Waals surface area (Å²) in [6, 6.07) is 0. The summed E-state index contributed by atoms with van der Waals surface area (Å²) in [5, 5.41) is 0. The van der Waals surface area contributed by atoms with Crippen LogP contribution in [0.4, 0.5) is 8.78 Å². The summed E-state index contributed by atoms with van der Waals surface area (Å²) in [4.78, 5) is 0. The minimum absolute atomic E-state index is 0.311. The zero-order valence-corrected chi connectivity index (χ0v) is 14.7. The zero-order chi connectivity index (χ0) is 18.3. The van der Waals surface area contributed by atoms with Crippen LogP contribution in [0.2, 0.25) is 0 Å². The summed E-state index contributed by atoms with van der Waals surface area (Å²) in [5.41, 5.74) is 3.42. The first-order chi connectivity index (χ1) is 11.3. The summed E-state index contributed by atoms with van der Waals surface area (Å²) < 4.78 is 28.8. The van der Waals surface area contributed by atoms with Gasteiger partial charge in [0.15, 0.2) is 11.7 Å². The fraction of sp³-hybridized carbons (Fsp3) is 0.273. The molecule has 0 aliphatic heterocycles. The van der Waals surface area contributed by atoms with Crippen molar-refractivity contribution in [2.75, 3.05) is 0 Å². The molecular formula is C22H26F2. The Morgan fingerprint density at radius 3 is 1.38 bits per heavy atom. The van der Waals surface area contributed by atoms with Gasteiger partial charge in [0.25, 0.3) is 0 Å². The quantitative estimate of drug-likeness (QED) is 0.408. The second-order valence-electron chi connectivity index (χ2n) is 5.83. The molecule has 1 aliphatic carbocycles. The Morgan fingerprint density at radius 1 is 0.750 bits per heavy atom. The fourth-order valence-electron chi connectivity index (χ4n) is 2.21. The summed E-state index contributed by atoms with van der Waals surface area (Å²) in [6.45, 7) is 19.4. The van der Waals surface area contributed by atoms with E-state index in [1.165, 1.54) is 0 Å². The molecule has 0 saturated heterocycles. The van der Waals surface area contributed by atoms with Gasteiger partial charge >= 0.3 is 0 Å². The van der Waals surface area contributed by atoms with Crippen LogP contribution in [0.5, 0.6) is 0 Å². The smallest absolute Gasteiger partial charge is 0.162 e. The highest BCUT2D eigenvalue weighted by molar-refractivity contribution is 5.53. The molecule has 0 unspecified atom stereocenters. The molecule has 24 heavy (non-hydrogen) atoms. The zero-order valence-electron chi connectivity index (χ0n) is 14.7. The molecule has 0 aromatic carbocycles. The number of rotatable bonds is 8. The normalized spacial score (nSPS) is 15.5. The lowest BCUT2D eigenvalue weighted by atomic mass is 9.88. The third-order valence-electron chi connectivity index (χ3n) is 4.07. The molecule has 1 aliphatic rings. The maximum atomic E-state index is 14.4. The summed E-state index contributed by atoms with van der Waals surface area (Å²) in [6.07, 6.45) is 9.38. The molecule has 0 fully saturated rings. The molecule has 0 aromatic rings. The molecule has 0 bridgehead atoms. The van der Waals surface area contributed by atoms with Crippen LogP contribution in [0.15, 0.2) is 95.7 Å². The van der Waals surface area contributed by atoms with Crippen LogP contribution >= 0.6 is 0 Å². The molecule has 128 valence electrons. The first kappa shape index (κ1) is 19.8. The molecule has 1 rings (SSSR count). The minimum Gasteiger partial charge on any atom is -0.203 e. The first-order valence-electron chi connectivity index (χ1n) is 8.19. The van der Waals surface area contributed by atoms with Crippen molar-refractivity contribution >= 4 is 0 Å². The monoisotopic (exact) mass is 328 g/mol. The molecule has 0 saturated carbocycles. The predicted octanol–water partition coefficient (Wildman–Crippen LogP) is 7.38. The van der Waals surface area contributed by atoms with Gasteiger partial charge in [0, 0.05) is 0 Å². The van der Waals surface area contributed by atoms with E-state index in [1.807, 2.05) is 13.8 Å². The van der Waals surface area contributed by atoms with Gasteiger partial charge in [0.1, 0.15) is 0 Å². The maximum Gasteiger partial charge on any atom is 0.162 e. The summed E-state index contributed by atoms with van der Waals surface area (Å²) >= 11 is 0. The average Bonchev–Trinajstić information content (AvgIpc) is 2.58. The third-order valence-corrected chi connectivity index (χ3v) is 4.07. The third kappa shape index (κ3) is 5.16. The van der Waals surface area contributed by atoms with E-state index >= 15 is 0 Å². The second-order valence-corrected chi connectivity index (χ2v) is 5.83. The van der Waals surface area contributed by atoms with E-state index in [-0.39, 0.29) is 0 Å². The van der Waals surface area contributed by atoms with Crippen LogP contribution in [-0.4, -0.2) is 0 Å². The van der Waals surface area contributed by atoms with Gasteiger partial charge in [-0.3, -0.25) is 0 Å². The molecule has 0 atom stereocenters. The molecule has 0 amide bonds. The SMILES string of the molecule is C=C(/C=C\C(=C)C1=C(F)C(F)=C(C(=C)/C=C\C(=C)CC)CC1)CC. The molecule has 2 heteroatoms. The van der Waals surface area contributed by atoms with Crippen LogP contribution < -0.4 is 0 Å². The van der Waals surface area contributed by atoms with Crippen molar-refractivity contribution in [1.29, 1.82) is 0 Å². The standard InChI is InChI=1S/C22H26F2/c1-7-15(3)9-11-17(5)19-13-14-20(22(24)21(19)23)18(6)12-10-16(4)8-2/h9-12H,3-8,13-14H2,1-2H3/b11-9-,12-10-. The van der Waals surface area contributed by atoms with Gasteiger partial charge in [0.2, 0.25) is 0 Å². The lowest BCUT2D eigenvalue weighted by Crippen LogP contribution is -2.03. The van der Waals surface area contributed by atoms with Gasteiger partial charge in [-0.15, -0.1) is 0 Å². The van der Waals surface area contributed by atoms with E-state index in [1.54, 1.807) is 24.3 Å². The second kappa shape index (κ2) is 9.17. The van der Waals surface area contributed by atoms with E-state index in [0.29, 0.717) is 35.1 Å². The van der Waals surface area contributed by atoms with Crippen LogP contribution in [-0.2, 0) is 0 Å². The highest BCUT2D eigenvalue weighted by Gasteiger charge is 2.23. The van der Waals surface area contributed by atoms with Gasteiger partial charge in [-0.1, -0.05) is 75.6 Å². The van der Waals surface area contributed by atoms with Crippen LogP contribution in [0.1, 0.15) is 39.5 Å². The highest BCUT2D eigenvalue weighted by Crippen LogP contribution is 2.38. The van der Waals surface area contributed by atoms with Gasteiger partial charge in [-0.05, 0) is 48.0 Å². The lowest BCUT2D eigenvalue weighted by Gasteiger charge is -2.19. The van der Waals surface area contributed by atoms with Crippen molar-refractivity contribution in [2.45, 2.75) is 39.5 Å². The number of allylic oxidation sites excluding steroid dienone is 12. The van der Waals surface area contributed by atoms with Crippen molar-refractivity contribution < 1.29 is 8.78 Å². The first-order valence-corrected chi connectivity index (χ1v) is 8.19. The number of hydrogen-bond acceptors (Lipinski definition) is 0. The van der Waals surface area contributed by atoms with Crippen LogP contribution in [0, 0.1) is 0 Å². The largest absolute Gasteiger partial charge is 0.203 e. The van der Waals surface area contributed by atoms with Gasteiger partial charge < -0.3 is 0 Å². The van der Waals surface area contributed by atoms with E-state index in [2.05, 4.69) is 26.3 Å². The maximum absolute atomic E-state index is 14.4. The van der Waals surface area contributed by atoms with E-state index in [4.69, 9.17) is 0 Å². The topological polar surface area (TPSA) is 0 Å². The van der Waals surface area contributed by atoms with Crippen molar-refractivity contribution in [2.24, 2.45) is 0 Å². The molecule has 0 aromatic heterocycles. The molecular weight excluding hydrogens is 302 g/mol. The predicted molar refractivity (Wildman–Crippen MR) is 101 cm³/mol. The van der Waals surface area contributed by atoms with E-state index in [0.717, 1.165) is 24.0 Å². The van der Waals surface area contributed by atoms with Gasteiger partial charge in [-0.2, -0.15) is 0 Å². The Labute approximate surface area is 144 Å². The molecule has 0 nitrogen and oxygen atoms in total. The van der Waals surface area contributed by atoms with Crippen LogP contribution in [0.25, 0.3) is 0 Å². The number of hydrogen-bond donors (Lipinski definition) is 0. The Kier molecular flexibility index (Phi) is 7.57. The lowest BCUT2D eigenvalue weighted by molar-refractivity contribution is 0.514. The fourth-order valence-corrected chi connectivity index (χ4v) is 2.21. The summed E-state index contributed by atoms with van der Waals surface area (Å²) in [7, 11) is 0. The average molecular weight is 328 g/mol. The van der Waals surface area contributed by atoms with E-state index < -0.39 is 11.7 Å². The Hall–Kier alpha value is -2.22.